The number of nitrogens with zero attached hydrogens (tertiary/aromatic N) is 3. The molecule has 0 saturated carbocycles. The van der Waals surface area contributed by atoms with Crippen molar-refractivity contribution in [3.8, 4) is 6.19 Å². The Morgan fingerprint density at radius 2 is 1.85 bits per heavy atom. The molecule has 0 aliphatic carbocycles. The maximum Gasteiger partial charge on any atom is 0.319 e. The highest BCUT2D eigenvalue weighted by atomic mass is 16.5. The molecule has 1 unspecified atom stereocenters. The first-order chi connectivity index (χ1) is 15.8. The van der Waals surface area contributed by atoms with E-state index in [0.717, 1.165) is 44.2 Å². The van der Waals surface area contributed by atoms with E-state index in [4.69, 9.17) is 10.00 Å². The van der Waals surface area contributed by atoms with Gasteiger partial charge < -0.3 is 20.7 Å². The molecule has 0 aromatic heterocycles. The Morgan fingerprint density at radius 3 is 2.45 bits per heavy atom. The smallest absolute Gasteiger partial charge is 0.319 e. The average molecular weight is 459 g/mol. The number of hydrogen-bond donors (Lipinski definition) is 3. The lowest BCUT2D eigenvalue weighted by Gasteiger charge is -2.26. The first kappa shape index (κ1) is 26.1. The summed E-state index contributed by atoms with van der Waals surface area (Å²) in [5.74, 6) is -0.715. The first-order valence-electron chi connectivity index (χ1n) is 11.2. The minimum Gasteiger partial charge on any atom is -0.379 e. The van der Waals surface area contributed by atoms with Crippen LogP contribution >= 0.6 is 0 Å². The lowest BCUT2D eigenvalue weighted by atomic mass is 10.0. The summed E-state index contributed by atoms with van der Waals surface area (Å²) in [4.78, 5) is 40.3. The molecule has 1 aromatic carbocycles. The number of ether oxygens (including phenoxy) is 1. The van der Waals surface area contributed by atoms with Crippen LogP contribution in [0.15, 0.2) is 24.3 Å². The van der Waals surface area contributed by atoms with E-state index in [9.17, 15) is 14.4 Å². The van der Waals surface area contributed by atoms with Gasteiger partial charge in [0.1, 0.15) is 6.04 Å². The van der Waals surface area contributed by atoms with E-state index >= 15 is 0 Å². The van der Waals surface area contributed by atoms with Gasteiger partial charge in [-0.1, -0.05) is 13.8 Å². The average Bonchev–Trinajstić information content (AvgIpc) is 2.81. The Kier molecular flexibility index (Phi) is 10.6. The number of carbonyl (C=O) groups excluding carboxylic acids is 3. The van der Waals surface area contributed by atoms with E-state index in [1.165, 1.54) is 7.05 Å². The molecule has 0 bridgehead atoms. The monoisotopic (exact) mass is 458 g/mol. The summed E-state index contributed by atoms with van der Waals surface area (Å²) in [5, 5.41) is 17.2. The molecule has 33 heavy (non-hydrogen) atoms. The minimum absolute atomic E-state index is 0.158. The number of carbonyl (C=O) groups is 3. The van der Waals surface area contributed by atoms with Gasteiger partial charge >= 0.3 is 6.03 Å². The van der Waals surface area contributed by atoms with Crippen LogP contribution in [0, 0.1) is 17.4 Å². The third kappa shape index (κ3) is 9.08. The van der Waals surface area contributed by atoms with E-state index in [1.807, 2.05) is 13.8 Å². The van der Waals surface area contributed by atoms with Crippen molar-refractivity contribution < 1.29 is 19.1 Å². The summed E-state index contributed by atoms with van der Waals surface area (Å²) in [6, 6.07) is 5.31. The molecule has 180 valence electrons. The number of nitriles is 1. The van der Waals surface area contributed by atoms with Crippen LogP contribution in [-0.4, -0.2) is 80.1 Å². The maximum atomic E-state index is 12.6. The lowest BCUT2D eigenvalue weighted by Crippen LogP contribution is -2.46. The topological polar surface area (TPSA) is 127 Å². The highest BCUT2D eigenvalue weighted by Crippen LogP contribution is 2.12. The van der Waals surface area contributed by atoms with Crippen LogP contribution in [0.1, 0.15) is 37.0 Å². The number of rotatable bonds is 10. The number of morpholine rings is 1. The predicted molar refractivity (Wildman–Crippen MR) is 124 cm³/mol. The molecule has 10 nitrogen and oxygen atoms in total. The van der Waals surface area contributed by atoms with Crippen molar-refractivity contribution in [1.82, 2.24) is 20.4 Å². The van der Waals surface area contributed by atoms with E-state index in [1.54, 1.807) is 30.5 Å². The highest BCUT2D eigenvalue weighted by Gasteiger charge is 2.25. The molecule has 1 atom stereocenters. The van der Waals surface area contributed by atoms with Gasteiger partial charge in [0, 0.05) is 37.9 Å². The fourth-order valence-electron chi connectivity index (χ4n) is 3.43. The van der Waals surface area contributed by atoms with Gasteiger partial charge in [0.05, 0.1) is 13.2 Å². The van der Waals surface area contributed by atoms with Crippen LogP contribution in [0.3, 0.4) is 0 Å². The Morgan fingerprint density at radius 1 is 1.18 bits per heavy atom. The number of anilines is 1. The third-order valence-electron chi connectivity index (χ3n) is 5.24. The van der Waals surface area contributed by atoms with Crippen LogP contribution in [0.2, 0.25) is 0 Å². The normalized spacial score (nSPS) is 14.8. The Balaban J connectivity index is 1.81. The molecule has 0 radical (unpaired) electrons. The van der Waals surface area contributed by atoms with Gasteiger partial charge in [0.2, 0.25) is 0 Å². The van der Waals surface area contributed by atoms with Gasteiger partial charge in [-0.05, 0) is 49.6 Å². The number of urea groups is 1. The second-order valence-corrected chi connectivity index (χ2v) is 8.42. The number of amides is 4. The van der Waals surface area contributed by atoms with E-state index in [2.05, 4.69) is 20.9 Å². The number of hydrogen-bond acceptors (Lipinski definition) is 6. The van der Waals surface area contributed by atoms with Gasteiger partial charge in [-0.2, -0.15) is 5.26 Å². The zero-order valence-corrected chi connectivity index (χ0v) is 19.6. The van der Waals surface area contributed by atoms with Gasteiger partial charge in [0.15, 0.2) is 6.19 Å². The SMILES string of the molecule is CC(C)CC(NC(=O)c1ccc(NC(=O)NCCCN2CCOCC2)cc1)C(=O)N(C)C#N. The van der Waals surface area contributed by atoms with Crippen molar-refractivity contribution in [2.45, 2.75) is 32.7 Å². The summed E-state index contributed by atoms with van der Waals surface area (Å²) in [6.45, 7) is 8.71. The zero-order valence-electron chi connectivity index (χ0n) is 19.6. The fourth-order valence-corrected chi connectivity index (χ4v) is 3.43. The van der Waals surface area contributed by atoms with Crippen molar-refractivity contribution in [1.29, 1.82) is 5.26 Å². The molecule has 1 aliphatic rings. The van der Waals surface area contributed by atoms with E-state index in [-0.39, 0.29) is 11.9 Å². The molecule has 1 aliphatic heterocycles. The number of benzene rings is 1. The van der Waals surface area contributed by atoms with E-state index < -0.39 is 17.9 Å². The van der Waals surface area contributed by atoms with Crippen LogP contribution in [0.25, 0.3) is 0 Å². The largest absolute Gasteiger partial charge is 0.379 e. The minimum atomic E-state index is -0.789. The van der Waals surface area contributed by atoms with E-state index in [0.29, 0.717) is 24.2 Å². The van der Waals surface area contributed by atoms with Gasteiger partial charge in [-0.3, -0.25) is 19.4 Å². The molecule has 0 spiro atoms. The maximum absolute atomic E-state index is 12.6. The molecule has 1 fully saturated rings. The van der Waals surface area contributed by atoms with Gasteiger partial charge in [-0.25, -0.2) is 4.79 Å². The Bertz CT molecular complexity index is 830. The van der Waals surface area contributed by atoms with Crippen molar-refractivity contribution in [3.63, 3.8) is 0 Å². The van der Waals surface area contributed by atoms with Crippen molar-refractivity contribution in [3.05, 3.63) is 29.8 Å². The standard InChI is InChI=1S/C23H34N6O4/c1-17(2)15-20(22(31)28(3)16-24)27-21(30)18-5-7-19(8-6-18)26-23(32)25-9-4-10-29-11-13-33-14-12-29/h5-8,17,20H,4,9-15H2,1-3H3,(H,27,30)(H2,25,26,32). The summed E-state index contributed by atoms with van der Waals surface area (Å²) in [7, 11) is 1.37. The van der Waals surface area contributed by atoms with Crippen LogP contribution < -0.4 is 16.0 Å². The Hall–Kier alpha value is -3.16. The van der Waals surface area contributed by atoms with Crippen LogP contribution in [-0.2, 0) is 9.53 Å². The first-order valence-corrected chi connectivity index (χ1v) is 11.2. The second kappa shape index (κ2) is 13.4. The van der Waals surface area contributed by atoms with Crippen LogP contribution in [0.4, 0.5) is 10.5 Å². The summed E-state index contributed by atoms with van der Waals surface area (Å²) in [5.41, 5.74) is 0.906. The van der Waals surface area contributed by atoms with Crippen molar-refractivity contribution in [2.75, 3.05) is 51.8 Å². The number of likely N-dealkylation sites (N-methyl/N-ethyl adjacent to an activating group) is 1. The molecular weight excluding hydrogens is 424 g/mol. The van der Waals surface area contributed by atoms with Crippen LogP contribution in [0.5, 0.6) is 0 Å². The lowest BCUT2D eigenvalue weighted by molar-refractivity contribution is -0.129. The fraction of sp³-hybridized carbons (Fsp3) is 0.565. The number of nitrogens with one attached hydrogen (secondary N) is 3. The molecule has 2 rings (SSSR count). The zero-order chi connectivity index (χ0) is 24.2. The summed E-state index contributed by atoms with van der Waals surface area (Å²) < 4.78 is 5.32. The highest BCUT2D eigenvalue weighted by molar-refractivity contribution is 5.98. The quantitative estimate of drug-likeness (QED) is 0.278. The predicted octanol–water partition coefficient (Wildman–Crippen LogP) is 1.61. The molecule has 1 aromatic rings. The van der Waals surface area contributed by atoms with Gasteiger partial charge in [0.25, 0.3) is 11.8 Å². The summed E-state index contributed by atoms with van der Waals surface area (Å²) in [6.07, 6.45) is 3.04. The molecule has 1 heterocycles. The molecule has 1 saturated heterocycles. The Labute approximate surface area is 195 Å². The molecule has 3 N–H and O–H groups in total. The summed E-state index contributed by atoms with van der Waals surface area (Å²) >= 11 is 0. The van der Waals surface area contributed by atoms with Gasteiger partial charge in [-0.15, -0.1) is 0 Å². The molecular formula is C23H34N6O4. The second-order valence-electron chi connectivity index (χ2n) is 8.42. The molecule has 4 amide bonds. The van der Waals surface area contributed by atoms with Crippen molar-refractivity contribution >= 4 is 23.5 Å². The third-order valence-corrected chi connectivity index (χ3v) is 5.24. The van der Waals surface area contributed by atoms with Crippen molar-refractivity contribution in [2.24, 2.45) is 5.92 Å². The molecule has 10 heteroatoms.